The van der Waals surface area contributed by atoms with Crippen molar-refractivity contribution in [1.29, 1.82) is 0 Å². The summed E-state index contributed by atoms with van der Waals surface area (Å²) in [5.41, 5.74) is 2.52. The summed E-state index contributed by atoms with van der Waals surface area (Å²) in [7, 11) is 0. The highest BCUT2D eigenvalue weighted by Gasteiger charge is 2.57. The second-order valence-electron chi connectivity index (χ2n) is 9.02. The number of piperidine rings is 1. The van der Waals surface area contributed by atoms with Crippen LogP contribution in [0.3, 0.4) is 0 Å². The molecule has 3 amide bonds. The molecule has 2 aliphatic rings. The van der Waals surface area contributed by atoms with Gasteiger partial charge >= 0.3 is 6.03 Å². The lowest BCUT2D eigenvalue weighted by Gasteiger charge is -2.42. The Morgan fingerprint density at radius 1 is 0.606 bits per heavy atom. The topological polar surface area (TPSA) is 43.9 Å². The number of carbonyl (C=O) groups excluding carboxylic acids is 2. The molecule has 1 spiro atoms. The molecular formula is C28H29N3O2. The van der Waals surface area contributed by atoms with E-state index < -0.39 is 5.54 Å². The third-order valence-electron chi connectivity index (χ3n) is 6.92. The Balaban J connectivity index is 1.39. The standard InChI is InChI=1S/C28H29N3O2/c32-26-28(16-18-29(19-17-28)20-23-10-4-1-5-11-23)31(22-25-14-8-3-9-15-25)27(33)30(26)21-24-12-6-2-7-13-24/h1-15H,16-22H2. The number of likely N-dealkylation sites (tertiary alicyclic amines) is 1. The molecule has 3 aromatic rings. The van der Waals surface area contributed by atoms with Crippen LogP contribution in [-0.2, 0) is 24.4 Å². The van der Waals surface area contributed by atoms with E-state index >= 15 is 0 Å². The van der Waals surface area contributed by atoms with Crippen LogP contribution in [0.25, 0.3) is 0 Å². The van der Waals surface area contributed by atoms with Gasteiger partial charge in [0.25, 0.3) is 5.91 Å². The van der Waals surface area contributed by atoms with Gasteiger partial charge in [-0.2, -0.15) is 0 Å². The lowest BCUT2D eigenvalue weighted by Crippen LogP contribution is -2.56. The molecule has 5 heteroatoms. The predicted molar refractivity (Wildman–Crippen MR) is 128 cm³/mol. The number of amides is 3. The van der Waals surface area contributed by atoms with Gasteiger partial charge in [0, 0.05) is 26.2 Å². The first kappa shape index (κ1) is 21.4. The van der Waals surface area contributed by atoms with Gasteiger partial charge in [-0.25, -0.2) is 4.79 Å². The molecular weight excluding hydrogens is 410 g/mol. The van der Waals surface area contributed by atoms with Crippen LogP contribution in [0.15, 0.2) is 91.0 Å². The van der Waals surface area contributed by atoms with Gasteiger partial charge in [0.15, 0.2) is 0 Å². The molecule has 2 aliphatic heterocycles. The van der Waals surface area contributed by atoms with E-state index in [1.54, 1.807) is 0 Å². The fourth-order valence-electron chi connectivity index (χ4n) is 5.08. The number of carbonyl (C=O) groups is 2. The summed E-state index contributed by atoms with van der Waals surface area (Å²) in [6.45, 7) is 3.22. The average molecular weight is 440 g/mol. The highest BCUT2D eigenvalue weighted by atomic mass is 16.2. The number of urea groups is 1. The lowest BCUT2D eigenvalue weighted by atomic mass is 9.85. The van der Waals surface area contributed by atoms with E-state index in [1.807, 2.05) is 71.6 Å². The maximum atomic E-state index is 13.8. The minimum Gasteiger partial charge on any atom is -0.305 e. The van der Waals surface area contributed by atoms with E-state index in [2.05, 4.69) is 29.2 Å². The normalized spacial score (nSPS) is 18.3. The molecule has 5 rings (SSSR count). The van der Waals surface area contributed by atoms with E-state index in [-0.39, 0.29) is 11.9 Å². The molecule has 3 aromatic carbocycles. The molecule has 0 aromatic heterocycles. The van der Waals surface area contributed by atoms with Crippen LogP contribution in [0.5, 0.6) is 0 Å². The van der Waals surface area contributed by atoms with Crippen LogP contribution < -0.4 is 0 Å². The average Bonchev–Trinajstić information content (AvgIpc) is 3.04. The summed E-state index contributed by atoms with van der Waals surface area (Å²) in [4.78, 5) is 33.1. The highest BCUT2D eigenvalue weighted by molar-refractivity contribution is 6.07. The zero-order chi connectivity index (χ0) is 22.7. The molecule has 2 heterocycles. The summed E-state index contributed by atoms with van der Waals surface area (Å²) in [6, 6.07) is 30.0. The van der Waals surface area contributed by atoms with Crippen LogP contribution in [0, 0.1) is 0 Å². The zero-order valence-electron chi connectivity index (χ0n) is 18.8. The number of hydrogen-bond donors (Lipinski definition) is 0. The molecule has 0 atom stereocenters. The minimum absolute atomic E-state index is 0.0494. The van der Waals surface area contributed by atoms with Gasteiger partial charge in [-0.1, -0.05) is 91.0 Å². The zero-order valence-corrected chi connectivity index (χ0v) is 18.8. The lowest BCUT2D eigenvalue weighted by molar-refractivity contribution is -0.136. The van der Waals surface area contributed by atoms with Crippen molar-refractivity contribution in [3.05, 3.63) is 108 Å². The molecule has 0 N–H and O–H groups in total. The largest absolute Gasteiger partial charge is 0.328 e. The van der Waals surface area contributed by atoms with E-state index in [4.69, 9.17) is 0 Å². The van der Waals surface area contributed by atoms with Crippen LogP contribution in [0.1, 0.15) is 29.5 Å². The van der Waals surface area contributed by atoms with Gasteiger partial charge in [-0.15, -0.1) is 0 Å². The molecule has 0 aliphatic carbocycles. The van der Waals surface area contributed by atoms with Gasteiger partial charge in [0.2, 0.25) is 0 Å². The van der Waals surface area contributed by atoms with Crippen molar-refractivity contribution in [3.8, 4) is 0 Å². The molecule has 0 saturated carbocycles. The van der Waals surface area contributed by atoms with Crippen molar-refractivity contribution >= 4 is 11.9 Å². The van der Waals surface area contributed by atoms with E-state index in [0.29, 0.717) is 25.9 Å². The van der Waals surface area contributed by atoms with Gasteiger partial charge in [-0.3, -0.25) is 14.6 Å². The second-order valence-corrected chi connectivity index (χ2v) is 9.02. The van der Waals surface area contributed by atoms with Crippen LogP contribution >= 0.6 is 0 Å². The molecule has 0 radical (unpaired) electrons. The molecule has 2 saturated heterocycles. The van der Waals surface area contributed by atoms with Crippen LogP contribution in [-0.4, -0.2) is 45.3 Å². The summed E-state index contributed by atoms with van der Waals surface area (Å²) in [5, 5.41) is 0. The van der Waals surface area contributed by atoms with Gasteiger partial charge < -0.3 is 4.90 Å². The van der Waals surface area contributed by atoms with Crippen molar-refractivity contribution in [3.63, 3.8) is 0 Å². The van der Waals surface area contributed by atoms with E-state index in [9.17, 15) is 9.59 Å². The number of rotatable bonds is 6. The molecule has 168 valence electrons. The molecule has 0 bridgehead atoms. The first-order chi connectivity index (χ1) is 16.2. The van der Waals surface area contributed by atoms with E-state index in [0.717, 1.165) is 30.8 Å². The Hall–Kier alpha value is -3.44. The van der Waals surface area contributed by atoms with Gasteiger partial charge in [-0.05, 0) is 29.5 Å². The second kappa shape index (κ2) is 9.20. The number of nitrogens with zero attached hydrogens (tertiary/aromatic N) is 3. The monoisotopic (exact) mass is 439 g/mol. The number of hydrogen-bond acceptors (Lipinski definition) is 3. The number of benzene rings is 3. The maximum absolute atomic E-state index is 13.8. The Kier molecular flexibility index (Phi) is 5.97. The summed E-state index contributed by atoms with van der Waals surface area (Å²) >= 11 is 0. The first-order valence-electron chi connectivity index (χ1n) is 11.6. The van der Waals surface area contributed by atoms with E-state index in [1.165, 1.54) is 10.5 Å². The summed E-state index contributed by atoms with van der Waals surface area (Å²) in [6.07, 6.45) is 1.31. The Bertz CT molecular complexity index is 1090. The quantitative estimate of drug-likeness (QED) is 0.524. The smallest absolute Gasteiger partial charge is 0.305 e. The van der Waals surface area contributed by atoms with Crippen molar-refractivity contribution in [2.24, 2.45) is 0 Å². The predicted octanol–water partition coefficient (Wildman–Crippen LogP) is 4.69. The maximum Gasteiger partial charge on any atom is 0.328 e. The van der Waals surface area contributed by atoms with Crippen molar-refractivity contribution in [1.82, 2.24) is 14.7 Å². The number of imide groups is 1. The van der Waals surface area contributed by atoms with Crippen molar-refractivity contribution < 1.29 is 9.59 Å². The first-order valence-corrected chi connectivity index (χ1v) is 11.6. The highest BCUT2D eigenvalue weighted by Crippen LogP contribution is 2.39. The van der Waals surface area contributed by atoms with Gasteiger partial charge in [0.1, 0.15) is 5.54 Å². The third kappa shape index (κ3) is 4.29. The SMILES string of the molecule is O=C1N(Cc2ccccc2)C(=O)C2(CCN(Cc3ccccc3)CC2)N1Cc1ccccc1. The van der Waals surface area contributed by atoms with Crippen molar-refractivity contribution in [2.75, 3.05) is 13.1 Å². The Labute approximate surface area is 195 Å². The van der Waals surface area contributed by atoms with Crippen molar-refractivity contribution in [2.45, 2.75) is 38.0 Å². The van der Waals surface area contributed by atoms with Crippen LogP contribution in [0.2, 0.25) is 0 Å². The summed E-state index contributed by atoms with van der Waals surface area (Å²) in [5.74, 6) is -0.0494. The summed E-state index contributed by atoms with van der Waals surface area (Å²) < 4.78 is 0. The molecule has 5 nitrogen and oxygen atoms in total. The minimum atomic E-state index is -0.769. The molecule has 0 unspecified atom stereocenters. The third-order valence-corrected chi connectivity index (χ3v) is 6.92. The Morgan fingerprint density at radius 2 is 1.06 bits per heavy atom. The molecule has 2 fully saturated rings. The van der Waals surface area contributed by atoms with Gasteiger partial charge in [0.05, 0.1) is 6.54 Å². The Morgan fingerprint density at radius 3 is 1.58 bits per heavy atom. The fourth-order valence-corrected chi connectivity index (χ4v) is 5.08. The van der Waals surface area contributed by atoms with Crippen LogP contribution in [0.4, 0.5) is 4.79 Å². The fraction of sp³-hybridized carbons (Fsp3) is 0.286. The molecule has 33 heavy (non-hydrogen) atoms.